The average Bonchev–Trinajstić information content (AvgIpc) is 2.37. The van der Waals surface area contributed by atoms with Gasteiger partial charge in [0, 0.05) is 19.2 Å². The largest absolute Gasteiger partial charge is 0.330 e. The number of hydrogen-bond acceptors (Lipinski definition) is 2. The molecule has 0 aliphatic rings. The lowest BCUT2D eigenvalue weighted by molar-refractivity contribution is -0.119. The van der Waals surface area contributed by atoms with E-state index >= 15 is 0 Å². The Hall–Kier alpha value is -1.35. The van der Waals surface area contributed by atoms with Crippen molar-refractivity contribution in [2.45, 2.75) is 33.6 Å². The molecule has 1 aromatic carbocycles. The molecular weight excluding hydrogens is 236 g/mol. The van der Waals surface area contributed by atoms with Crippen LogP contribution in [0.25, 0.3) is 0 Å². The molecule has 0 aliphatic heterocycles. The summed E-state index contributed by atoms with van der Waals surface area (Å²) in [5.41, 5.74) is 7.90. The van der Waals surface area contributed by atoms with Crippen LogP contribution in [0.5, 0.6) is 0 Å². The third-order valence-corrected chi connectivity index (χ3v) is 3.40. The zero-order valence-electron chi connectivity index (χ0n) is 12.5. The van der Waals surface area contributed by atoms with Gasteiger partial charge in [-0.05, 0) is 43.9 Å². The van der Waals surface area contributed by atoms with Crippen LogP contribution in [-0.2, 0) is 4.79 Å². The summed E-state index contributed by atoms with van der Waals surface area (Å²) in [7, 11) is 1.83. The lowest BCUT2D eigenvalue weighted by atomic mass is 9.94. The molecule has 0 aromatic heterocycles. The summed E-state index contributed by atoms with van der Waals surface area (Å²) in [6, 6.07) is 8.00. The number of hydrogen-bond donors (Lipinski definition) is 1. The van der Waals surface area contributed by atoms with Gasteiger partial charge in [0.05, 0.1) is 0 Å². The molecule has 0 bridgehead atoms. The number of carbonyl (C=O) groups is 1. The van der Waals surface area contributed by atoms with E-state index in [-0.39, 0.29) is 11.8 Å². The molecule has 3 nitrogen and oxygen atoms in total. The zero-order valence-corrected chi connectivity index (χ0v) is 12.5. The Balaban J connectivity index is 2.63. The van der Waals surface area contributed by atoms with E-state index in [0.717, 1.165) is 12.1 Å². The van der Waals surface area contributed by atoms with Crippen LogP contribution in [0.1, 0.15) is 32.3 Å². The summed E-state index contributed by atoms with van der Waals surface area (Å²) in [5.74, 6) is 0.992. The first-order valence-electron chi connectivity index (χ1n) is 6.97. The molecule has 1 atom stereocenters. The summed E-state index contributed by atoms with van der Waals surface area (Å²) in [6.45, 7) is 6.94. The molecule has 0 saturated heterocycles. The maximum Gasteiger partial charge on any atom is 0.227 e. The first-order valence-corrected chi connectivity index (χ1v) is 6.97. The molecule has 1 aromatic rings. The van der Waals surface area contributed by atoms with Gasteiger partial charge in [0.15, 0.2) is 0 Å². The Bertz CT molecular complexity index is 398. The van der Waals surface area contributed by atoms with E-state index in [4.69, 9.17) is 5.73 Å². The molecule has 0 saturated carbocycles. The summed E-state index contributed by atoms with van der Waals surface area (Å²) in [5, 5.41) is 0. The second-order valence-corrected chi connectivity index (χ2v) is 5.72. The minimum atomic E-state index is 0.139. The number of amides is 1. The summed E-state index contributed by atoms with van der Waals surface area (Å²) < 4.78 is 0. The van der Waals surface area contributed by atoms with Crippen molar-refractivity contribution in [3.8, 4) is 0 Å². The maximum absolute atomic E-state index is 12.2. The van der Waals surface area contributed by atoms with Crippen molar-refractivity contribution in [3.63, 3.8) is 0 Å². The number of rotatable bonds is 6. The molecule has 0 heterocycles. The van der Waals surface area contributed by atoms with Gasteiger partial charge in [0.25, 0.3) is 0 Å². The molecule has 0 aliphatic carbocycles. The van der Waals surface area contributed by atoms with E-state index in [0.29, 0.717) is 18.9 Å². The molecular formula is C16H26N2O. The Morgan fingerprint density at radius 2 is 1.84 bits per heavy atom. The molecule has 19 heavy (non-hydrogen) atoms. The maximum atomic E-state index is 12.2. The first-order chi connectivity index (χ1) is 8.93. The van der Waals surface area contributed by atoms with Gasteiger partial charge in [-0.2, -0.15) is 0 Å². The van der Waals surface area contributed by atoms with Crippen LogP contribution in [0.3, 0.4) is 0 Å². The SMILES string of the molecule is Cc1ccc(N(C)C(=O)C[C@@H](CN)CC(C)C)cc1. The molecule has 1 amide bonds. The van der Waals surface area contributed by atoms with Crippen molar-refractivity contribution in [2.24, 2.45) is 17.6 Å². The van der Waals surface area contributed by atoms with Gasteiger partial charge >= 0.3 is 0 Å². The van der Waals surface area contributed by atoms with E-state index in [1.807, 2.05) is 38.2 Å². The second-order valence-electron chi connectivity index (χ2n) is 5.72. The van der Waals surface area contributed by atoms with Gasteiger partial charge in [-0.1, -0.05) is 31.5 Å². The Morgan fingerprint density at radius 3 is 2.32 bits per heavy atom. The van der Waals surface area contributed by atoms with Gasteiger partial charge < -0.3 is 10.6 Å². The first kappa shape index (κ1) is 15.7. The third-order valence-electron chi connectivity index (χ3n) is 3.40. The fraction of sp³-hybridized carbons (Fsp3) is 0.562. The molecule has 1 rings (SSSR count). The van der Waals surface area contributed by atoms with E-state index in [1.54, 1.807) is 4.90 Å². The minimum absolute atomic E-state index is 0.139. The molecule has 3 heteroatoms. The zero-order chi connectivity index (χ0) is 14.4. The number of nitrogens with two attached hydrogens (primary N) is 1. The molecule has 0 radical (unpaired) electrons. The highest BCUT2D eigenvalue weighted by molar-refractivity contribution is 5.92. The van der Waals surface area contributed by atoms with Crippen LogP contribution in [-0.4, -0.2) is 19.5 Å². The van der Waals surface area contributed by atoms with Crippen LogP contribution in [0.15, 0.2) is 24.3 Å². The Kier molecular flexibility index (Phi) is 6.03. The fourth-order valence-corrected chi connectivity index (χ4v) is 2.23. The lowest BCUT2D eigenvalue weighted by Crippen LogP contribution is -2.30. The van der Waals surface area contributed by atoms with Crippen LogP contribution in [0, 0.1) is 18.8 Å². The second kappa shape index (κ2) is 7.29. The van der Waals surface area contributed by atoms with E-state index in [2.05, 4.69) is 13.8 Å². The highest BCUT2D eigenvalue weighted by atomic mass is 16.2. The van der Waals surface area contributed by atoms with Gasteiger partial charge in [-0.25, -0.2) is 0 Å². The van der Waals surface area contributed by atoms with Gasteiger partial charge in [-0.15, -0.1) is 0 Å². The van der Waals surface area contributed by atoms with E-state index in [1.165, 1.54) is 5.56 Å². The highest BCUT2D eigenvalue weighted by Gasteiger charge is 2.17. The summed E-state index contributed by atoms with van der Waals surface area (Å²) in [4.78, 5) is 14.0. The number of aryl methyl sites for hydroxylation is 1. The van der Waals surface area contributed by atoms with Crippen molar-refractivity contribution >= 4 is 11.6 Å². The van der Waals surface area contributed by atoms with Gasteiger partial charge in [0.2, 0.25) is 5.91 Å². The van der Waals surface area contributed by atoms with Gasteiger partial charge in [-0.3, -0.25) is 4.79 Å². The number of nitrogens with zero attached hydrogens (tertiary/aromatic N) is 1. The average molecular weight is 262 g/mol. The van der Waals surface area contributed by atoms with E-state index < -0.39 is 0 Å². The topological polar surface area (TPSA) is 46.3 Å². The van der Waals surface area contributed by atoms with Gasteiger partial charge in [0.1, 0.15) is 0 Å². The smallest absolute Gasteiger partial charge is 0.227 e. The van der Waals surface area contributed by atoms with Crippen molar-refractivity contribution in [1.82, 2.24) is 0 Å². The van der Waals surface area contributed by atoms with Crippen LogP contribution >= 0.6 is 0 Å². The fourth-order valence-electron chi connectivity index (χ4n) is 2.23. The van der Waals surface area contributed by atoms with E-state index in [9.17, 15) is 4.79 Å². The predicted octanol–water partition coefficient (Wildman–Crippen LogP) is 2.97. The lowest BCUT2D eigenvalue weighted by Gasteiger charge is -2.22. The summed E-state index contributed by atoms with van der Waals surface area (Å²) in [6.07, 6.45) is 1.53. The Morgan fingerprint density at radius 1 is 1.26 bits per heavy atom. The van der Waals surface area contributed by atoms with Crippen LogP contribution in [0.4, 0.5) is 5.69 Å². The number of anilines is 1. The predicted molar refractivity (Wildman–Crippen MR) is 81.2 cm³/mol. The normalized spacial score (nSPS) is 12.5. The molecule has 2 N–H and O–H groups in total. The minimum Gasteiger partial charge on any atom is -0.330 e. The third kappa shape index (κ3) is 5.03. The number of benzene rings is 1. The van der Waals surface area contributed by atoms with Crippen molar-refractivity contribution < 1.29 is 4.79 Å². The number of carbonyl (C=O) groups excluding carboxylic acids is 1. The molecule has 0 unspecified atom stereocenters. The van der Waals surface area contributed by atoms with Crippen LogP contribution in [0.2, 0.25) is 0 Å². The van der Waals surface area contributed by atoms with Crippen molar-refractivity contribution in [3.05, 3.63) is 29.8 Å². The quantitative estimate of drug-likeness (QED) is 0.856. The molecule has 106 valence electrons. The molecule has 0 fully saturated rings. The Labute approximate surface area is 116 Å². The summed E-state index contributed by atoms with van der Waals surface area (Å²) >= 11 is 0. The van der Waals surface area contributed by atoms with Crippen molar-refractivity contribution in [1.29, 1.82) is 0 Å². The van der Waals surface area contributed by atoms with Crippen molar-refractivity contribution in [2.75, 3.05) is 18.5 Å². The highest BCUT2D eigenvalue weighted by Crippen LogP contribution is 2.19. The standard InChI is InChI=1S/C16H26N2O/c1-12(2)9-14(11-17)10-16(19)18(4)15-7-5-13(3)6-8-15/h5-8,12,14H,9-11,17H2,1-4H3/t14-/m0/s1. The molecule has 0 spiro atoms. The van der Waals surface area contributed by atoms with Crippen LogP contribution < -0.4 is 10.6 Å². The monoisotopic (exact) mass is 262 g/mol.